The summed E-state index contributed by atoms with van der Waals surface area (Å²) in [6, 6.07) is 0. The van der Waals surface area contributed by atoms with Crippen molar-refractivity contribution in [2.24, 2.45) is 11.3 Å². The number of rotatable bonds is 6. The van der Waals surface area contributed by atoms with Crippen LogP contribution in [-0.2, 0) is 0 Å². The molecule has 0 amide bonds. The van der Waals surface area contributed by atoms with Crippen LogP contribution in [0, 0.1) is 11.3 Å². The van der Waals surface area contributed by atoms with Crippen LogP contribution in [0.15, 0.2) is 0 Å². The van der Waals surface area contributed by atoms with Crippen molar-refractivity contribution in [2.45, 2.75) is 53.4 Å². The Hall–Kier alpha value is -0.0400. The van der Waals surface area contributed by atoms with Gasteiger partial charge >= 0.3 is 0 Å². The van der Waals surface area contributed by atoms with Gasteiger partial charge < -0.3 is 5.11 Å². The van der Waals surface area contributed by atoms with E-state index in [1.807, 2.05) is 0 Å². The molecule has 0 aromatic heterocycles. The van der Waals surface area contributed by atoms with E-state index in [1.54, 1.807) is 0 Å². The average Bonchev–Trinajstić information content (AvgIpc) is 2.02. The van der Waals surface area contributed by atoms with E-state index in [2.05, 4.69) is 27.7 Å². The van der Waals surface area contributed by atoms with E-state index in [9.17, 15) is 0 Å². The van der Waals surface area contributed by atoms with Crippen LogP contribution in [0.2, 0.25) is 0 Å². The van der Waals surface area contributed by atoms with Gasteiger partial charge in [-0.05, 0) is 24.2 Å². The van der Waals surface area contributed by atoms with Gasteiger partial charge in [0.25, 0.3) is 0 Å². The molecular weight excluding hydrogens is 148 g/mol. The molecule has 74 valence electrons. The predicted molar refractivity (Wildman–Crippen MR) is 54.2 cm³/mol. The summed E-state index contributed by atoms with van der Waals surface area (Å²) in [5, 5.41) is 8.72. The molecule has 1 nitrogen and oxygen atoms in total. The standard InChI is InChI=1S/C11H24O/c1-5-11(3,4)8-6-10(2)7-9-12/h10,12H,5-9H2,1-4H3. The molecule has 0 fully saturated rings. The summed E-state index contributed by atoms with van der Waals surface area (Å²) in [4.78, 5) is 0. The van der Waals surface area contributed by atoms with Gasteiger partial charge in [0, 0.05) is 6.61 Å². The maximum Gasteiger partial charge on any atom is 0.0433 e. The largest absolute Gasteiger partial charge is 0.396 e. The highest BCUT2D eigenvalue weighted by Crippen LogP contribution is 2.28. The lowest BCUT2D eigenvalue weighted by atomic mass is 9.82. The molecule has 0 aliphatic rings. The maximum absolute atomic E-state index is 8.72. The first-order valence-corrected chi connectivity index (χ1v) is 5.12. The van der Waals surface area contributed by atoms with Gasteiger partial charge in [-0.3, -0.25) is 0 Å². The zero-order valence-corrected chi connectivity index (χ0v) is 9.06. The molecule has 0 radical (unpaired) electrons. The van der Waals surface area contributed by atoms with E-state index < -0.39 is 0 Å². The monoisotopic (exact) mass is 172 g/mol. The molecule has 0 aromatic carbocycles. The summed E-state index contributed by atoms with van der Waals surface area (Å²) < 4.78 is 0. The normalized spacial score (nSPS) is 14.8. The summed E-state index contributed by atoms with van der Waals surface area (Å²) >= 11 is 0. The lowest BCUT2D eigenvalue weighted by molar-refractivity contribution is 0.235. The second-order valence-electron chi connectivity index (χ2n) is 4.67. The molecule has 0 aliphatic heterocycles. The van der Waals surface area contributed by atoms with Crippen LogP contribution >= 0.6 is 0 Å². The van der Waals surface area contributed by atoms with E-state index in [0.717, 1.165) is 6.42 Å². The molecule has 1 heteroatoms. The molecule has 0 aromatic rings. The molecule has 0 aliphatic carbocycles. The first kappa shape index (κ1) is 12.0. The summed E-state index contributed by atoms with van der Waals surface area (Å²) in [5.41, 5.74) is 0.490. The molecule has 1 N–H and O–H groups in total. The quantitative estimate of drug-likeness (QED) is 0.652. The van der Waals surface area contributed by atoms with Gasteiger partial charge in [0.05, 0.1) is 0 Å². The van der Waals surface area contributed by atoms with Gasteiger partial charge in [0.1, 0.15) is 0 Å². The van der Waals surface area contributed by atoms with Gasteiger partial charge in [-0.15, -0.1) is 0 Å². The Morgan fingerprint density at radius 1 is 1.25 bits per heavy atom. The summed E-state index contributed by atoms with van der Waals surface area (Å²) in [6.45, 7) is 9.45. The van der Waals surface area contributed by atoms with Gasteiger partial charge in [-0.25, -0.2) is 0 Å². The smallest absolute Gasteiger partial charge is 0.0433 e. The topological polar surface area (TPSA) is 20.2 Å². The molecule has 0 heterocycles. The van der Waals surface area contributed by atoms with Crippen molar-refractivity contribution >= 4 is 0 Å². The number of hydrogen-bond donors (Lipinski definition) is 1. The second kappa shape index (κ2) is 5.58. The first-order chi connectivity index (χ1) is 5.52. The van der Waals surface area contributed by atoms with Crippen LogP contribution in [0.5, 0.6) is 0 Å². The SMILES string of the molecule is CCC(C)(C)CCC(C)CCO. The van der Waals surface area contributed by atoms with Crippen LogP contribution in [-0.4, -0.2) is 11.7 Å². The van der Waals surface area contributed by atoms with E-state index in [1.165, 1.54) is 19.3 Å². The molecule has 0 saturated carbocycles. The fourth-order valence-corrected chi connectivity index (χ4v) is 1.18. The Morgan fingerprint density at radius 3 is 2.25 bits per heavy atom. The van der Waals surface area contributed by atoms with Crippen molar-refractivity contribution in [1.82, 2.24) is 0 Å². The minimum Gasteiger partial charge on any atom is -0.396 e. The second-order valence-corrected chi connectivity index (χ2v) is 4.67. The number of hydrogen-bond acceptors (Lipinski definition) is 1. The number of aliphatic hydroxyl groups is 1. The van der Waals surface area contributed by atoms with Gasteiger partial charge in [-0.2, -0.15) is 0 Å². The minimum absolute atomic E-state index is 0.341. The van der Waals surface area contributed by atoms with E-state index in [0.29, 0.717) is 17.9 Å². The predicted octanol–water partition coefficient (Wildman–Crippen LogP) is 3.22. The third-order valence-corrected chi connectivity index (χ3v) is 2.89. The summed E-state index contributed by atoms with van der Waals surface area (Å²) in [7, 11) is 0. The average molecular weight is 172 g/mol. The lowest BCUT2D eigenvalue weighted by Crippen LogP contribution is -2.11. The third-order valence-electron chi connectivity index (χ3n) is 2.89. The van der Waals surface area contributed by atoms with Gasteiger partial charge in [-0.1, -0.05) is 40.5 Å². The zero-order valence-electron chi connectivity index (χ0n) is 9.06. The van der Waals surface area contributed by atoms with E-state index in [-0.39, 0.29) is 0 Å². The molecule has 12 heavy (non-hydrogen) atoms. The van der Waals surface area contributed by atoms with Crippen molar-refractivity contribution in [2.75, 3.05) is 6.61 Å². The van der Waals surface area contributed by atoms with E-state index in [4.69, 9.17) is 5.11 Å². The van der Waals surface area contributed by atoms with Crippen molar-refractivity contribution < 1.29 is 5.11 Å². The molecule has 1 atom stereocenters. The molecular formula is C11H24O. The van der Waals surface area contributed by atoms with Crippen molar-refractivity contribution in [3.8, 4) is 0 Å². The Balaban J connectivity index is 3.52. The Kier molecular flexibility index (Phi) is 5.56. The highest BCUT2D eigenvalue weighted by Gasteiger charge is 2.15. The van der Waals surface area contributed by atoms with Crippen molar-refractivity contribution in [1.29, 1.82) is 0 Å². The lowest BCUT2D eigenvalue weighted by Gasteiger charge is -2.24. The van der Waals surface area contributed by atoms with Crippen molar-refractivity contribution in [3.63, 3.8) is 0 Å². The van der Waals surface area contributed by atoms with Crippen LogP contribution in [0.1, 0.15) is 53.4 Å². The Labute approximate surface area is 77.2 Å². The fourth-order valence-electron chi connectivity index (χ4n) is 1.18. The molecule has 0 saturated heterocycles. The maximum atomic E-state index is 8.72. The minimum atomic E-state index is 0.341. The Morgan fingerprint density at radius 2 is 1.83 bits per heavy atom. The fraction of sp³-hybridized carbons (Fsp3) is 1.00. The summed E-state index contributed by atoms with van der Waals surface area (Å²) in [6.07, 6.45) is 4.74. The van der Waals surface area contributed by atoms with Crippen LogP contribution < -0.4 is 0 Å². The van der Waals surface area contributed by atoms with Crippen LogP contribution in [0.25, 0.3) is 0 Å². The molecule has 0 bridgehead atoms. The molecule has 0 spiro atoms. The van der Waals surface area contributed by atoms with E-state index >= 15 is 0 Å². The zero-order chi connectivity index (χ0) is 9.61. The summed E-state index contributed by atoms with van der Waals surface area (Å²) in [5.74, 6) is 0.681. The molecule has 0 rings (SSSR count). The van der Waals surface area contributed by atoms with Gasteiger partial charge in [0.15, 0.2) is 0 Å². The van der Waals surface area contributed by atoms with Crippen LogP contribution in [0.4, 0.5) is 0 Å². The number of aliphatic hydroxyl groups excluding tert-OH is 1. The van der Waals surface area contributed by atoms with Crippen LogP contribution in [0.3, 0.4) is 0 Å². The Bertz CT molecular complexity index is 108. The highest BCUT2D eigenvalue weighted by atomic mass is 16.3. The molecule has 1 unspecified atom stereocenters. The third kappa shape index (κ3) is 5.59. The first-order valence-electron chi connectivity index (χ1n) is 5.12. The van der Waals surface area contributed by atoms with Gasteiger partial charge in [0.2, 0.25) is 0 Å². The highest BCUT2D eigenvalue weighted by molar-refractivity contribution is 4.67. The van der Waals surface area contributed by atoms with Crippen molar-refractivity contribution in [3.05, 3.63) is 0 Å².